The number of nitrogens with zero attached hydrogens (tertiary/aromatic N) is 1. The maximum Gasteiger partial charge on any atom is 0.259 e. The highest BCUT2D eigenvalue weighted by Gasteiger charge is 2.16. The Balaban J connectivity index is 2.15. The first kappa shape index (κ1) is 14.4. The third-order valence-corrected chi connectivity index (χ3v) is 3.55. The molecule has 5 heteroatoms. The summed E-state index contributed by atoms with van der Waals surface area (Å²) < 4.78 is 13.8. The zero-order valence-electron chi connectivity index (χ0n) is 12.2. The van der Waals surface area contributed by atoms with Gasteiger partial charge in [-0.05, 0) is 31.5 Å². The zero-order valence-corrected chi connectivity index (χ0v) is 12.2. The molecule has 2 aromatic carbocycles. The van der Waals surface area contributed by atoms with E-state index in [0.717, 1.165) is 5.56 Å². The molecule has 112 valence electrons. The predicted octanol–water partition coefficient (Wildman–Crippen LogP) is 2.96. The summed E-state index contributed by atoms with van der Waals surface area (Å²) in [6.45, 7) is 3.38. The van der Waals surface area contributed by atoms with E-state index in [1.165, 1.54) is 18.2 Å². The summed E-state index contributed by atoms with van der Waals surface area (Å²) in [4.78, 5) is 18.9. The van der Waals surface area contributed by atoms with Crippen LogP contribution >= 0.6 is 0 Å². The number of para-hydroxylation sites is 1. The molecule has 0 amide bonds. The first-order valence-electron chi connectivity index (χ1n) is 6.88. The van der Waals surface area contributed by atoms with Crippen LogP contribution in [-0.2, 0) is 5.60 Å². The van der Waals surface area contributed by atoms with Gasteiger partial charge in [-0.15, -0.1) is 0 Å². The average Bonchev–Trinajstić information content (AvgIpc) is 2.47. The van der Waals surface area contributed by atoms with Crippen molar-refractivity contribution in [1.29, 1.82) is 0 Å². The van der Waals surface area contributed by atoms with Crippen LogP contribution in [0.2, 0.25) is 0 Å². The molecule has 0 saturated carbocycles. The highest BCUT2D eigenvalue weighted by molar-refractivity contribution is 5.79. The van der Waals surface area contributed by atoms with Gasteiger partial charge >= 0.3 is 0 Å². The fraction of sp³-hybridized carbons (Fsp3) is 0.176. The quantitative estimate of drug-likeness (QED) is 0.764. The van der Waals surface area contributed by atoms with E-state index in [2.05, 4.69) is 9.97 Å². The first-order valence-corrected chi connectivity index (χ1v) is 6.88. The largest absolute Gasteiger partial charge is 0.386 e. The van der Waals surface area contributed by atoms with Gasteiger partial charge in [-0.1, -0.05) is 30.3 Å². The molecule has 0 aliphatic heterocycles. The molecule has 0 aliphatic carbocycles. The van der Waals surface area contributed by atoms with Crippen LogP contribution in [0.25, 0.3) is 22.3 Å². The minimum Gasteiger partial charge on any atom is -0.386 e. The van der Waals surface area contributed by atoms with Crippen molar-refractivity contribution in [3.63, 3.8) is 0 Å². The van der Waals surface area contributed by atoms with E-state index < -0.39 is 11.4 Å². The Morgan fingerprint density at radius 1 is 1.14 bits per heavy atom. The van der Waals surface area contributed by atoms with Gasteiger partial charge in [0, 0.05) is 5.56 Å². The number of H-pyrrole nitrogens is 1. The Kier molecular flexibility index (Phi) is 3.30. The Morgan fingerprint density at radius 2 is 1.82 bits per heavy atom. The summed E-state index contributed by atoms with van der Waals surface area (Å²) >= 11 is 0. The van der Waals surface area contributed by atoms with Crippen LogP contribution in [0, 0.1) is 5.82 Å². The fourth-order valence-corrected chi connectivity index (χ4v) is 2.30. The molecule has 2 N–H and O–H groups in total. The molecule has 4 nitrogen and oxygen atoms in total. The van der Waals surface area contributed by atoms with Crippen LogP contribution in [0.4, 0.5) is 4.39 Å². The third kappa shape index (κ3) is 2.51. The molecular weight excluding hydrogens is 283 g/mol. The topological polar surface area (TPSA) is 66.0 Å². The lowest BCUT2D eigenvalue weighted by Gasteiger charge is -2.17. The third-order valence-electron chi connectivity index (χ3n) is 3.55. The number of halogens is 1. The monoisotopic (exact) mass is 298 g/mol. The fourth-order valence-electron chi connectivity index (χ4n) is 2.30. The summed E-state index contributed by atoms with van der Waals surface area (Å²) in [6.07, 6.45) is 0. The van der Waals surface area contributed by atoms with E-state index in [1.54, 1.807) is 38.1 Å². The van der Waals surface area contributed by atoms with Crippen LogP contribution in [0.1, 0.15) is 19.4 Å². The van der Waals surface area contributed by atoms with Crippen LogP contribution in [0.15, 0.2) is 47.3 Å². The number of hydrogen-bond donors (Lipinski definition) is 2. The van der Waals surface area contributed by atoms with Crippen molar-refractivity contribution in [2.75, 3.05) is 0 Å². The molecule has 22 heavy (non-hydrogen) atoms. The molecule has 0 bridgehead atoms. The number of aromatic nitrogens is 2. The second kappa shape index (κ2) is 5.03. The lowest BCUT2D eigenvalue weighted by Crippen LogP contribution is -2.15. The van der Waals surface area contributed by atoms with Gasteiger partial charge in [0.05, 0.1) is 11.0 Å². The van der Waals surface area contributed by atoms with Crippen molar-refractivity contribution in [3.8, 4) is 11.4 Å². The number of fused-ring (bicyclic) bond motifs is 1. The Labute approximate surface area is 126 Å². The second-order valence-corrected chi connectivity index (χ2v) is 5.69. The molecule has 0 aliphatic rings. The normalized spacial score (nSPS) is 11.8. The van der Waals surface area contributed by atoms with E-state index in [4.69, 9.17) is 0 Å². The molecule has 0 saturated heterocycles. The number of nitrogens with one attached hydrogen (secondary N) is 1. The van der Waals surface area contributed by atoms with Crippen molar-refractivity contribution in [2.24, 2.45) is 0 Å². The van der Waals surface area contributed by atoms with Gasteiger partial charge in [-0.2, -0.15) is 0 Å². The summed E-state index contributed by atoms with van der Waals surface area (Å²) in [6, 6.07) is 11.3. The van der Waals surface area contributed by atoms with Crippen molar-refractivity contribution < 1.29 is 9.50 Å². The van der Waals surface area contributed by atoms with E-state index in [0.29, 0.717) is 11.4 Å². The smallest absolute Gasteiger partial charge is 0.259 e. The van der Waals surface area contributed by atoms with E-state index >= 15 is 0 Å². The van der Waals surface area contributed by atoms with Crippen molar-refractivity contribution >= 4 is 10.9 Å². The summed E-state index contributed by atoms with van der Waals surface area (Å²) in [7, 11) is 0. The van der Waals surface area contributed by atoms with Crippen LogP contribution in [-0.4, -0.2) is 15.1 Å². The molecular formula is C17H15FN2O2. The summed E-state index contributed by atoms with van der Waals surface area (Å²) in [5.41, 5.74) is 0.106. The number of hydrogen-bond acceptors (Lipinski definition) is 3. The Morgan fingerprint density at radius 3 is 2.45 bits per heavy atom. The van der Waals surface area contributed by atoms with E-state index in [-0.39, 0.29) is 16.5 Å². The van der Waals surface area contributed by atoms with E-state index in [1.807, 2.05) is 0 Å². The molecule has 1 aromatic heterocycles. The number of aliphatic hydroxyl groups is 1. The Bertz CT molecular complexity index is 893. The van der Waals surface area contributed by atoms with Gasteiger partial charge in [0.1, 0.15) is 17.2 Å². The minimum atomic E-state index is -0.950. The second-order valence-electron chi connectivity index (χ2n) is 5.69. The highest BCUT2D eigenvalue weighted by atomic mass is 19.1. The van der Waals surface area contributed by atoms with Crippen molar-refractivity contribution in [2.45, 2.75) is 19.4 Å². The average molecular weight is 298 g/mol. The van der Waals surface area contributed by atoms with Gasteiger partial charge in [0.2, 0.25) is 0 Å². The van der Waals surface area contributed by atoms with E-state index in [9.17, 15) is 14.3 Å². The SMILES string of the molecule is CC(C)(O)c1ccc(-c2nc3c(F)cccc3c(=O)[nH]2)cc1. The number of benzene rings is 2. The molecule has 0 unspecified atom stereocenters. The maximum absolute atomic E-state index is 13.8. The number of aromatic amines is 1. The molecule has 0 spiro atoms. The van der Waals surface area contributed by atoms with Gasteiger partial charge < -0.3 is 10.1 Å². The lowest BCUT2D eigenvalue weighted by molar-refractivity contribution is 0.0786. The van der Waals surface area contributed by atoms with Crippen molar-refractivity contribution in [1.82, 2.24) is 9.97 Å². The van der Waals surface area contributed by atoms with Gasteiger partial charge in [-0.3, -0.25) is 4.79 Å². The highest BCUT2D eigenvalue weighted by Crippen LogP contribution is 2.23. The molecule has 1 heterocycles. The van der Waals surface area contributed by atoms with Crippen LogP contribution in [0.5, 0.6) is 0 Å². The maximum atomic E-state index is 13.8. The molecule has 0 fully saturated rings. The molecule has 3 rings (SSSR count). The zero-order chi connectivity index (χ0) is 15.9. The first-order chi connectivity index (χ1) is 10.4. The van der Waals surface area contributed by atoms with Gasteiger partial charge in [0.15, 0.2) is 0 Å². The lowest BCUT2D eigenvalue weighted by atomic mass is 9.97. The Hall–Kier alpha value is -2.53. The molecule has 0 atom stereocenters. The minimum absolute atomic E-state index is 0.0489. The molecule has 3 aromatic rings. The number of rotatable bonds is 2. The molecule has 0 radical (unpaired) electrons. The van der Waals surface area contributed by atoms with Crippen LogP contribution in [0.3, 0.4) is 0 Å². The van der Waals surface area contributed by atoms with Gasteiger partial charge in [-0.25, -0.2) is 9.37 Å². The summed E-state index contributed by atoms with van der Waals surface area (Å²) in [5.74, 6) is -0.233. The van der Waals surface area contributed by atoms with Gasteiger partial charge in [0.25, 0.3) is 5.56 Å². The standard InChI is InChI=1S/C17H15FN2O2/c1-17(2,22)11-8-6-10(7-9-11)15-19-14-12(16(21)20-15)4-3-5-13(14)18/h3-9,22H,1-2H3,(H,19,20,21). The van der Waals surface area contributed by atoms with Crippen LogP contribution < -0.4 is 5.56 Å². The summed E-state index contributed by atoms with van der Waals surface area (Å²) in [5, 5.41) is 10.2. The predicted molar refractivity (Wildman–Crippen MR) is 83.0 cm³/mol. The van der Waals surface area contributed by atoms with Crippen molar-refractivity contribution in [3.05, 3.63) is 64.2 Å².